The van der Waals surface area contributed by atoms with Gasteiger partial charge in [0.05, 0.1) is 22.9 Å². The number of anilines is 2. The van der Waals surface area contributed by atoms with Crippen molar-refractivity contribution in [3.05, 3.63) is 17.3 Å². The Morgan fingerprint density at radius 3 is 3.06 bits per heavy atom. The number of halogens is 1. The molecule has 88 valence electrons. The third-order valence-electron chi connectivity index (χ3n) is 2.74. The molecular weight excluding hydrogens is 226 g/mol. The van der Waals surface area contributed by atoms with E-state index in [0.29, 0.717) is 23.1 Å². The molecule has 3 N–H and O–H groups in total. The van der Waals surface area contributed by atoms with Crippen LogP contribution >= 0.6 is 11.6 Å². The van der Waals surface area contributed by atoms with Crippen molar-refractivity contribution in [2.24, 2.45) is 0 Å². The Kier molecular flexibility index (Phi) is 3.21. The van der Waals surface area contributed by atoms with Crippen LogP contribution < -0.4 is 11.1 Å². The Morgan fingerprint density at radius 1 is 1.62 bits per heavy atom. The van der Waals surface area contributed by atoms with Crippen LogP contribution in [0.25, 0.3) is 0 Å². The molecule has 16 heavy (non-hydrogen) atoms. The number of nitrogen functional groups attached to an aromatic ring is 1. The third-order valence-corrected chi connectivity index (χ3v) is 2.95. The molecule has 0 radical (unpaired) electrons. The van der Waals surface area contributed by atoms with E-state index in [1.807, 2.05) is 0 Å². The minimum atomic E-state index is -0.0901. The molecule has 4 nitrogen and oxygen atoms in total. The average Bonchev–Trinajstić information content (AvgIpc) is 2.23. The number of hydrogen-bond acceptors (Lipinski definition) is 4. The third kappa shape index (κ3) is 2.57. The van der Waals surface area contributed by atoms with Crippen molar-refractivity contribution in [2.45, 2.75) is 25.3 Å². The molecule has 5 heteroatoms. The number of nitrogens with one attached hydrogen (secondary N) is 1. The summed E-state index contributed by atoms with van der Waals surface area (Å²) in [7, 11) is 0. The van der Waals surface area contributed by atoms with Crippen molar-refractivity contribution >= 4 is 23.1 Å². The normalized spacial score (nSPS) is 25.4. The van der Waals surface area contributed by atoms with Crippen LogP contribution in [0.1, 0.15) is 19.8 Å². The van der Waals surface area contributed by atoms with Crippen molar-refractivity contribution in [3.8, 4) is 0 Å². The lowest BCUT2D eigenvalue weighted by Crippen LogP contribution is -2.43. The number of nitrogens with zero attached hydrogens (tertiary/aromatic N) is 1. The van der Waals surface area contributed by atoms with Crippen LogP contribution in [0, 0.1) is 0 Å². The number of nitrogens with two attached hydrogens (primary N) is 1. The van der Waals surface area contributed by atoms with Gasteiger partial charge in [-0.15, -0.1) is 0 Å². The van der Waals surface area contributed by atoms with E-state index >= 15 is 0 Å². The second-order valence-corrected chi connectivity index (χ2v) is 4.87. The maximum absolute atomic E-state index is 5.85. The van der Waals surface area contributed by atoms with Crippen LogP contribution in [0.5, 0.6) is 0 Å². The second-order valence-electron chi connectivity index (χ2n) is 4.43. The van der Waals surface area contributed by atoms with Gasteiger partial charge in [-0.3, -0.25) is 0 Å². The molecular formula is C11H16ClN3O. The largest absolute Gasteiger partial charge is 0.396 e. The minimum Gasteiger partial charge on any atom is -0.396 e. The molecule has 1 aliphatic rings. The fourth-order valence-electron chi connectivity index (χ4n) is 1.88. The molecule has 0 spiro atoms. The predicted molar refractivity (Wildman–Crippen MR) is 65.7 cm³/mol. The van der Waals surface area contributed by atoms with Crippen molar-refractivity contribution in [1.29, 1.82) is 0 Å². The molecule has 0 aliphatic carbocycles. The fourth-order valence-corrected chi connectivity index (χ4v) is 2.04. The van der Waals surface area contributed by atoms with Gasteiger partial charge in [-0.25, -0.2) is 4.98 Å². The van der Waals surface area contributed by atoms with E-state index in [1.165, 1.54) is 0 Å². The molecule has 2 heterocycles. The fraction of sp³-hybridized carbons (Fsp3) is 0.545. The summed E-state index contributed by atoms with van der Waals surface area (Å²) in [6.07, 6.45) is 3.70. The van der Waals surface area contributed by atoms with Gasteiger partial charge in [0, 0.05) is 12.8 Å². The van der Waals surface area contributed by atoms with Crippen LogP contribution in [0.2, 0.25) is 5.02 Å². The Hall–Kier alpha value is -1.00. The highest BCUT2D eigenvalue weighted by Crippen LogP contribution is 2.27. The minimum absolute atomic E-state index is 0.0901. The zero-order valence-corrected chi connectivity index (χ0v) is 10.0. The Balaban J connectivity index is 2.13. The van der Waals surface area contributed by atoms with Gasteiger partial charge in [0.15, 0.2) is 0 Å². The molecule has 1 fully saturated rings. The summed E-state index contributed by atoms with van der Waals surface area (Å²) in [5.41, 5.74) is 6.33. The average molecular weight is 242 g/mol. The first-order valence-corrected chi connectivity index (χ1v) is 5.74. The van der Waals surface area contributed by atoms with Gasteiger partial charge in [-0.1, -0.05) is 11.6 Å². The van der Waals surface area contributed by atoms with Crippen molar-refractivity contribution in [1.82, 2.24) is 4.98 Å². The Labute approximate surface area is 100 Å². The molecule has 0 amide bonds. The van der Waals surface area contributed by atoms with Gasteiger partial charge >= 0.3 is 0 Å². The van der Waals surface area contributed by atoms with Gasteiger partial charge in [0.1, 0.15) is 5.82 Å². The zero-order valence-electron chi connectivity index (χ0n) is 9.29. The van der Waals surface area contributed by atoms with Crippen LogP contribution in [0.15, 0.2) is 12.3 Å². The molecule has 1 aliphatic heterocycles. The van der Waals surface area contributed by atoms with Gasteiger partial charge in [-0.05, 0) is 25.8 Å². The van der Waals surface area contributed by atoms with Crippen LogP contribution in [0.4, 0.5) is 11.5 Å². The highest BCUT2D eigenvalue weighted by atomic mass is 35.5. The highest BCUT2D eigenvalue weighted by molar-refractivity contribution is 6.30. The lowest BCUT2D eigenvalue weighted by atomic mass is 9.95. The molecule has 1 aromatic heterocycles. The van der Waals surface area contributed by atoms with E-state index in [9.17, 15) is 0 Å². The Bertz CT molecular complexity index is 377. The number of hydrogen-bond donors (Lipinski definition) is 2. The number of rotatable bonds is 2. The summed E-state index contributed by atoms with van der Waals surface area (Å²) < 4.78 is 5.46. The smallest absolute Gasteiger partial charge is 0.149 e. The molecule has 1 atom stereocenters. The molecule has 2 rings (SSSR count). The summed E-state index contributed by atoms with van der Waals surface area (Å²) >= 11 is 5.80. The van der Waals surface area contributed by atoms with E-state index in [1.54, 1.807) is 12.3 Å². The highest BCUT2D eigenvalue weighted by Gasteiger charge is 2.28. The topological polar surface area (TPSA) is 60.2 Å². The summed E-state index contributed by atoms with van der Waals surface area (Å²) in [4.78, 5) is 4.19. The molecule has 0 bridgehead atoms. The first kappa shape index (κ1) is 11.5. The van der Waals surface area contributed by atoms with Crippen molar-refractivity contribution in [2.75, 3.05) is 24.3 Å². The number of ether oxygens (including phenoxy) is 1. The maximum atomic E-state index is 5.85. The van der Waals surface area contributed by atoms with E-state index in [4.69, 9.17) is 22.1 Å². The van der Waals surface area contributed by atoms with Crippen LogP contribution in [-0.2, 0) is 4.74 Å². The van der Waals surface area contributed by atoms with E-state index in [-0.39, 0.29) is 5.54 Å². The first-order valence-electron chi connectivity index (χ1n) is 5.36. The summed E-state index contributed by atoms with van der Waals surface area (Å²) in [5.74, 6) is 0.678. The SMILES string of the molecule is CC1(Nc2ncc(Cl)cc2N)CCCOC1. The van der Waals surface area contributed by atoms with Crippen LogP contribution in [0.3, 0.4) is 0 Å². The van der Waals surface area contributed by atoms with E-state index in [2.05, 4.69) is 17.2 Å². The standard InChI is InChI=1S/C11H16ClN3O/c1-11(3-2-4-16-7-11)15-10-9(13)5-8(12)6-14-10/h5-6H,2-4,7,13H2,1H3,(H,14,15). The lowest BCUT2D eigenvalue weighted by molar-refractivity contribution is 0.0539. The molecule has 0 aromatic carbocycles. The molecule has 1 aromatic rings. The van der Waals surface area contributed by atoms with Gasteiger partial charge in [0.25, 0.3) is 0 Å². The predicted octanol–water partition coefficient (Wildman–Crippen LogP) is 2.30. The number of pyridine rings is 1. The van der Waals surface area contributed by atoms with E-state index < -0.39 is 0 Å². The summed E-state index contributed by atoms with van der Waals surface area (Å²) in [6, 6.07) is 1.70. The first-order chi connectivity index (χ1) is 7.59. The quantitative estimate of drug-likeness (QED) is 0.834. The summed E-state index contributed by atoms with van der Waals surface area (Å²) in [5, 5.41) is 3.88. The van der Waals surface area contributed by atoms with Gasteiger partial charge < -0.3 is 15.8 Å². The van der Waals surface area contributed by atoms with Crippen LogP contribution in [-0.4, -0.2) is 23.7 Å². The molecule has 1 unspecified atom stereocenters. The van der Waals surface area contributed by atoms with Gasteiger partial charge in [0.2, 0.25) is 0 Å². The Morgan fingerprint density at radius 2 is 2.44 bits per heavy atom. The number of aromatic nitrogens is 1. The van der Waals surface area contributed by atoms with Gasteiger partial charge in [-0.2, -0.15) is 0 Å². The van der Waals surface area contributed by atoms with E-state index in [0.717, 1.165) is 19.4 Å². The zero-order chi connectivity index (χ0) is 11.6. The summed E-state index contributed by atoms with van der Waals surface area (Å²) in [6.45, 7) is 3.62. The second kappa shape index (κ2) is 4.47. The monoisotopic (exact) mass is 241 g/mol. The molecule has 0 saturated carbocycles. The maximum Gasteiger partial charge on any atom is 0.149 e. The van der Waals surface area contributed by atoms with Crippen molar-refractivity contribution < 1.29 is 4.74 Å². The van der Waals surface area contributed by atoms with Crippen molar-refractivity contribution in [3.63, 3.8) is 0 Å². The molecule has 1 saturated heterocycles. The lowest BCUT2D eigenvalue weighted by Gasteiger charge is -2.35.